The fraction of sp³-hybridized carbons (Fsp3) is 0.176. The van der Waals surface area contributed by atoms with E-state index in [1.54, 1.807) is 4.57 Å². The molecule has 0 saturated carbocycles. The first-order valence-corrected chi connectivity index (χ1v) is 7.59. The lowest BCUT2D eigenvalue weighted by Gasteiger charge is -2.19. The molecular formula is C17H15ClFN3O. The van der Waals surface area contributed by atoms with Crippen LogP contribution in [0.15, 0.2) is 47.3 Å². The highest BCUT2D eigenvalue weighted by Gasteiger charge is 2.15. The molecule has 3 rings (SSSR count). The average molecular weight is 332 g/mol. The number of rotatable bonds is 3. The molecule has 0 radical (unpaired) electrons. The summed E-state index contributed by atoms with van der Waals surface area (Å²) in [6, 6.07) is 12.1. The van der Waals surface area contributed by atoms with Crippen molar-refractivity contribution < 1.29 is 4.39 Å². The third-order valence-electron chi connectivity index (χ3n) is 3.35. The van der Waals surface area contributed by atoms with Crippen LogP contribution in [0.1, 0.15) is 13.8 Å². The molecule has 0 atom stereocenters. The Bertz CT molecular complexity index is 923. The van der Waals surface area contributed by atoms with Crippen molar-refractivity contribution in [2.75, 3.05) is 5.32 Å². The largest absolute Gasteiger partial charge is 0.369 e. The monoisotopic (exact) mass is 331 g/mol. The fourth-order valence-corrected chi connectivity index (χ4v) is 2.56. The molecule has 0 spiro atoms. The molecule has 2 aromatic heterocycles. The van der Waals surface area contributed by atoms with Crippen molar-refractivity contribution in [3.8, 4) is 5.69 Å². The first-order chi connectivity index (χ1) is 11.0. The zero-order valence-electron chi connectivity index (χ0n) is 12.7. The van der Waals surface area contributed by atoms with Crippen molar-refractivity contribution in [2.45, 2.75) is 19.9 Å². The van der Waals surface area contributed by atoms with Crippen LogP contribution in [0.25, 0.3) is 16.7 Å². The van der Waals surface area contributed by atoms with Gasteiger partial charge in [0.15, 0.2) is 22.0 Å². The molecule has 0 unspecified atom stereocenters. The number of aromatic nitrogens is 2. The molecule has 0 fully saturated rings. The summed E-state index contributed by atoms with van der Waals surface area (Å²) in [7, 11) is 0. The van der Waals surface area contributed by atoms with Crippen molar-refractivity contribution >= 4 is 28.5 Å². The first kappa shape index (κ1) is 15.5. The third kappa shape index (κ3) is 2.92. The summed E-state index contributed by atoms with van der Waals surface area (Å²) in [4.78, 5) is 16.4. The van der Waals surface area contributed by atoms with Crippen molar-refractivity contribution in [1.82, 2.24) is 9.55 Å². The first-order valence-electron chi connectivity index (χ1n) is 7.21. The van der Waals surface area contributed by atoms with Crippen molar-refractivity contribution in [3.63, 3.8) is 0 Å². The molecule has 3 aromatic rings. The topological polar surface area (TPSA) is 46.9 Å². The molecule has 118 valence electrons. The molecule has 1 N–H and O–H groups in total. The molecule has 0 saturated heterocycles. The van der Waals surface area contributed by atoms with E-state index >= 15 is 0 Å². The van der Waals surface area contributed by atoms with Crippen LogP contribution in [0.5, 0.6) is 0 Å². The molecular weight excluding hydrogens is 317 g/mol. The van der Waals surface area contributed by atoms with Crippen LogP contribution in [0.3, 0.4) is 0 Å². The van der Waals surface area contributed by atoms with E-state index in [0.717, 1.165) is 11.8 Å². The summed E-state index contributed by atoms with van der Waals surface area (Å²) in [5, 5.41) is 3.15. The van der Waals surface area contributed by atoms with Crippen LogP contribution < -0.4 is 10.7 Å². The number of fused-ring (bicyclic) bond motifs is 1. The number of halogens is 2. The highest BCUT2D eigenvalue weighted by molar-refractivity contribution is 6.29. The van der Waals surface area contributed by atoms with Crippen LogP contribution in [-0.2, 0) is 0 Å². The lowest BCUT2D eigenvalue weighted by Crippen LogP contribution is -2.19. The van der Waals surface area contributed by atoms with E-state index in [2.05, 4.69) is 10.3 Å². The normalized spacial score (nSPS) is 11.2. The van der Waals surface area contributed by atoms with E-state index in [0.29, 0.717) is 11.5 Å². The van der Waals surface area contributed by atoms with Gasteiger partial charge in [-0.3, -0.25) is 9.36 Å². The minimum Gasteiger partial charge on any atom is -0.369 e. The second kappa shape index (κ2) is 6.01. The smallest absolute Gasteiger partial charge is 0.193 e. The van der Waals surface area contributed by atoms with Gasteiger partial charge in [-0.05, 0) is 32.0 Å². The van der Waals surface area contributed by atoms with Gasteiger partial charge in [0, 0.05) is 17.8 Å². The van der Waals surface area contributed by atoms with Gasteiger partial charge in [-0.1, -0.05) is 29.8 Å². The van der Waals surface area contributed by atoms with Crippen LogP contribution in [-0.4, -0.2) is 15.6 Å². The van der Waals surface area contributed by atoms with E-state index in [-0.39, 0.29) is 22.0 Å². The fourth-order valence-electron chi connectivity index (χ4n) is 2.43. The Morgan fingerprint density at radius 1 is 1.22 bits per heavy atom. The highest BCUT2D eigenvalue weighted by atomic mass is 35.5. The molecule has 0 amide bonds. The van der Waals surface area contributed by atoms with Crippen molar-refractivity contribution in [2.24, 2.45) is 0 Å². The molecule has 0 aliphatic heterocycles. The number of hydrogen-bond acceptors (Lipinski definition) is 3. The minimum atomic E-state index is -0.708. The predicted octanol–water partition coefficient (Wildman–Crippen LogP) is 4.00. The summed E-state index contributed by atoms with van der Waals surface area (Å²) >= 11 is 5.84. The van der Waals surface area contributed by atoms with Gasteiger partial charge in [-0.25, -0.2) is 9.37 Å². The number of benzene rings is 1. The van der Waals surface area contributed by atoms with Gasteiger partial charge in [0.1, 0.15) is 5.82 Å². The Hall–Kier alpha value is -2.40. The SMILES string of the molecule is CC(C)Nc1cc(=O)c2cc(F)c(Cl)nc2n1-c1ccccc1. The molecule has 1 aromatic carbocycles. The molecule has 2 heterocycles. The van der Waals surface area contributed by atoms with Crippen LogP contribution in [0, 0.1) is 5.82 Å². The van der Waals surface area contributed by atoms with E-state index < -0.39 is 5.82 Å². The molecule has 0 aliphatic rings. The van der Waals surface area contributed by atoms with Crippen molar-refractivity contribution in [3.05, 3.63) is 63.7 Å². The summed E-state index contributed by atoms with van der Waals surface area (Å²) in [5.74, 6) is -0.126. The van der Waals surface area contributed by atoms with E-state index in [9.17, 15) is 9.18 Å². The Morgan fingerprint density at radius 3 is 2.57 bits per heavy atom. The van der Waals surface area contributed by atoms with Gasteiger partial charge in [-0.15, -0.1) is 0 Å². The van der Waals surface area contributed by atoms with E-state index in [1.165, 1.54) is 6.07 Å². The highest BCUT2D eigenvalue weighted by Crippen LogP contribution is 2.24. The number of anilines is 1. The lowest BCUT2D eigenvalue weighted by molar-refractivity contribution is 0.624. The second-order valence-corrected chi connectivity index (χ2v) is 5.85. The number of nitrogens with zero attached hydrogens (tertiary/aromatic N) is 2. The van der Waals surface area contributed by atoms with Gasteiger partial charge in [-0.2, -0.15) is 0 Å². The number of hydrogen-bond donors (Lipinski definition) is 1. The molecule has 6 heteroatoms. The zero-order valence-corrected chi connectivity index (χ0v) is 13.4. The Morgan fingerprint density at radius 2 is 1.91 bits per heavy atom. The predicted molar refractivity (Wildman–Crippen MR) is 91.1 cm³/mol. The van der Waals surface area contributed by atoms with Crippen LogP contribution in [0.4, 0.5) is 10.2 Å². The number of pyridine rings is 2. The zero-order chi connectivity index (χ0) is 16.6. The van der Waals surface area contributed by atoms with Gasteiger partial charge < -0.3 is 5.32 Å². The van der Waals surface area contributed by atoms with E-state index in [4.69, 9.17) is 11.6 Å². The van der Waals surface area contributed by atoms with E-state index in [1.807, 2.05) is 44.2 Å². The molecule has 23 heavy (non-hydrogen) atoms. The van der Waals surface area contributed by atoms with Gasteiger partial charge in [0.25, 0.3) is 0 Å². The standard InChI is InChI=1S/C17H15ClFN3O/c1-10(2)20-15-9-14(23)12-8-13(19)16(18)21-17(12)22(15)11-6-4-3-5-7-11/h3-10,20H,1-2H3. The quantitative estimate of drug-likeness (QED) is 0.738. The summed E-state index contributed by atoms with van der Waals surface area (Å²) in [5.41, 5.74) is 0.812. The lowest BCUT2D eigenvalue weighted by atomic mass is 10.2. The van der Waals surface area contributed by atoms with Gasteiger partial charge in [0.05, 0.1) is 5.39 Å². The number of para-hydroxylation sites is 1. The minimum absolute atomic E-state index is 0.109. The molecule has 0 aliphatic carbocycles. The molecule has 4 nitrogen and oxygen atoms in total. The maximum Gasteiger partial charge on any atom is 0.193 e. The maximum atomic E-state index is 13.7. The summed E-state index contributed by atoms with van der Waals surface area (Å²) < 4.78 is 15.5. The average Bonchev–Trinajstić information content (AvgIpc) is 2.50. The third-order valence-corrected chi connectivity index (χ3v) is 3.62. The van der Waals surface area contributed by atoms with Crippen molar-refractivity contribution in [1.29, 1.82) is 0 Å². The van der Waals surface area contributed by atoms with Crippen LogP contribution in [0.2, 0.25) is 5.15 Å². The van der Waals surface area contributed by atoms with Crippen LogP contribution >= 0.6 is 11.6 Å². The number of nitrogens with one attached hydrogen (secondary N) is 1. The Labute approximate surface area is 137 Å². The second-order valence-electron chi connectivity index (χ2n) is 5.50. The van der Waals surface area contributed by atoms with Gasteiger partial charge in [0.2, 0.25) is 0 Å². The van der Waals surface area contributed by atoms with Gasteiger partial charge >= 0.3 is 0 Å². The molecule has 0 bridgehead atoms. The Balaban J connectivity index is 2.43. The summed E-state index contributed by atoms with van der Waals surface area (Å²) in [6.07, 6.45) is 0. The Kier molecular flexibility index (Phi) is 4.05. The summed E-state index contributed by atoms with van der Waals surface area (Å²) in [6.45, 7) is 3.93. The maximum absolute atomic E-state index is 13.7.